The molecular weight excluding hydrogens is 469 g/mol. The monoisotopic (exact) mass is 497 g/mol. The zero-order valence-electron chi connectivity index (χ0n) is 19.5. The van der Waals surface area contributed by atoms with E-state index in [1.54, 1.807) is 6.07 Å². The Morgan fingerprint density at radius 3 is 2.38 bits per heavy atom. The molecule has 4 rings (SSSR count). The largest absolute Gasteiger partial charge is 0.484 e. The summed E-state index contributed by atoms with van der Waals surface area (Å²) < 4.78 is 5.62. The van der Waals surface area contributed by atoms with Gasteiger partial charge in [-0.15, -0.1) is 0 Å². The highest BCUT2D eigenvalue weighted by Gasteiger charge is 2.20. The number of anilines is 2. The van der Waals surface area contributed by atoms with Crippen molar-refractivity contribution in [3.8, 4) is 5.75 Å². The third-order valence-electron chi connectivity index (χ3n) is 6.14. The molecule has 0 atom stereocenters. The third-order valence-corrected chi connectivity index (χ3v) is 6.82. The van der Waals surface area contributed by atoms with Gasteiger partial charge >= 0.3 is 0 Å². The Balaban J connectivity index is 1.28. The van der Waals surface area contributed by atoms with Crippen molar-refractivity contribution in [3.63, 3.8) is 0 Å². The number of carbonyl (C=O) groups is 1. The molecule has 7 heteroatoms. The Morgan fingerprint density at radius 2 is 1.68 bits per heavy atom. The maximum absolute atomic E-state index is 12.3. The average molecular weight is 498 g/mol. The number of amides is 1. The van der Waals surface area contributed by atoms with Crippen molar-refractivity contribution in [1.82, 2.24) is 4.90 Å². The lowest BCUT2D eigenvalue weighted by atomic mass is 10.1. The van der Waals surface area contributed by atoms with E-state index in [-0.39, 0.29) is 12.5 Å². The third kappa shape index (κ3) is 6.23. The molecule has 5 nitrogen and oxygen atoms in total. The van der Waals surface area contributed by atoms with Gasteiger partial charge in [0, 0.05) is 43.4 Å². The van der Waals surface area contributed by atoms with Crippen molar-refractivity contribution >= 4 is 40.5 Å². The number of rotatable bonds is 7. The number of carbonyl (C=O) groups excluding carboxylic acids is 1. The number of piperazine rings is 1. The van der Waals surface area contributed by atoms with Crippen LogP contribution in [0.5, 0.6) is 5.75 Å². The Kier molecular flexibility index (Phi) is 7.99. The van der Waals surface area contributed by atoms with Crippen LogP contribution in [0.25, 0.3) is 0 Å². The van der Waals surface area contributed by atoms with E-state index in [9.17, 15) is 4.79 Å². The molecule has 1 heterocycles. The molecule has 1 N–H and O–H groups in total. The molecular formula is C27H29Cl2N3O2. The van der Waals surface area contributed by atoms with Crippen LogP contribution in [0.2, 0.25) is 10.0 Å². The summed E-state index contributed by atoms with van der Waals surface area (Å²) in [6.07, 6.45) is 0. The minimum Gasteiger partial charge on any atom is -0.484 e. The molecule has 1 amide bonds. The number of hydrogen-bond acceptors (Lipinski definition) is 4. The summed E-state index contributed by atoms with van der Waals surface area (Å²) >= 11 is 12.9. The summed E-state index contributed by atoms with van der Waals surface area (Å²) in [7, 11) is 0. The SMILES string of the molecule is Cc1ccc(OCC(=O)Nc2ccc(N3CCN(Cc4ccccc4Cl)CC3)c(Cl)c2)cc1C. The fourth-order valence-corrected chi connectivity index (χ4v) is 4.50. The first-order valence-electron chi connectivity index (χ1n) is 11.4. The van der Waals surface area contributed by atoms with Crippen molar-refractivity contribution in [2.24, 2.45) is 0 Å². The zero-order valence-corrected chi connectivity index (χ0v) is 21.0. The van der Waals surface area contributed by atoms with E-state index in [4.69, 9.17) is 27.9 Å². The van der Waals surface area contributed by atoms with Gasteiger partial charge in [-0.2, -0.15) is 0 Å². The summed E-state index contributed by atoms with van der Waals surface area (Å²) in [5.41, 5.74) is 5.10. The molecule has 1 saturated heterocycles. The van der Waals surface area contributed by atoms with Crippen LogP contribution < -0.4 is 15.0 Å². The van der Waals surface area contributed by atoms with Gasteiger partial charge in [-0.1, -0.05) is 47.5 Å². The van der Waals surface area contributed by atoms with E-state index in [1.807, 2.05) is 62.4 Å². The fraction of sp³-hybridized carbons (Fsp3) is 0.296. The number of benzene rings is 3. The van der Waals surface area contributed by atoms with Crippen LogP contribution in [0.1, 0.15) is 16.7 Å². The van der Waals surface area contributed by atoms with Gasteiger partial charge in [-0.25, -0.2) is 0 Å². The van der Waals surface area contributed by atoms with Gasteiger partial charge in [-0.05, 0) is 66.9 Å². The minimum atomic E-state index is -0.227. The second-order valence-electron chi connectivity index (χ2n) is 8.60. The van der Waals surface area contributed by atoms with Crippen molar-refractivity contribution in [2.75, 3.05) is 43.0 Å². The number of nitrogens with one attached hydrogen (secondary N) is 1. The standard InChI is InChI=1S/C27H29Cl2N3O2/c1-19-7-9-23(15-20(19)2)34-18-27(33)30-22-8-10-26(25(29)16-22)32-13-11-31(12-14-32)17-21-5-3-4-6-24(21)28/h3-10,15-16H,11-14,17-18H2,1-2H3,(H,30,33). The van der Waals surface area contributed by atoms with Crippen LogP contribution in [-0.2, 0) is 11.3 Å². The Morgan fingerprint density at radius 1 is 0.912 bits per heavy atom. The molecule has 0 aliphatic carbocycles. The van der Waals surface area contributed by atoms with Gasteiger partial charge < -0.3 is 15.0 Å². The van der Waals surface area contributed by atoms with Crippen molar-refractivity contribution in [1.29, 1.82) is 0 Å². The van der Waals surface area contributed by atoms with Crippen LogP contribution in [-0.4, -0.2) is 43.6 Å². The molecule has 1 aliphatic heterocycles. The van der Waals surface area contributed by atoms with Crippen LogP contribution in [0.3, 0.4) is 0 Å². The second-order valence-corrected chi connectivity index (χ2v) is 9.42. The number of nitrogens with zero attached hydrogens (tertiary/aromatic N) is 2. The molecule has 0 unspecified atom stereocenters. The molecule has 3 aromatic carbocycles. The summed E-state index contributed by atoms with van der Waals surface area (Å²) in [6, 6.07) is 19.4. The lowest BCUT2D eigenvalue weighted by Gasteiger charge is -2.36. The lowest BCUT2D eigenvalue weighted by Crippen LogP contribution is -2.46. The summed E-state index contributed by atoms with van der Waals surface area (Å²) in [6.45, 7) is 8.45. The number of aryl methyl sites for hydroxylation is 2. The predicted molar refractivity (Wildman–Crippen MR) is 140 cm³/mol. The van der Waals surface area contributed by atoms with E-state index < -0.39 is 0 Å². The summed E-state index contributed by atoms with van der Waals surface area (Å²) in [4.78, 5) is 17.0. The lowest BCUT2D eigenvalue weighted by molar-refractivity contribution is -0.118. The molecule has 1 aliphatic rings. The molecule has 34 heavy (non-hydrogen) atoms. The number of halogens is 2. The van der Waals surface area contributed by atoms with E-state index in [2.05, 4.69) is 21.2 Å². The number of hydrogen-bond donors (Lipinski definition) is 1. The van der Waals surface area contributed by atoms with E-state index in [1.165, 1.54) is 5.56 Å². The van der Waals surface area contributed by atoms with E-state index >= 15 is 0 Å². The van der Waals surface area contributed by atoms with Crippen LogP contribution >= 0.6 is 23.2 Å². The fourth-order valence-electron chi connectivity index (χ4n) is 4.01. The Hall–Kier alpha value is -2.73. The van der Waals surface area contributed by atoms with Gasteiger partial charge in [0.1, 0.15) is 5.75 Å². The molecule has 0 radical (unpaired) electrons. The Bertz CT molecular complexity index is 1160. The van der Waals surface area contributed by atoms with Gasteiger partial charge in [0.15, 0.2) is 6.61 Å². The first kappa shape index (κ1) is 24.4. The van der Waals surface area contributed by atoms with Crippen molar-refractivity contribution < 1.29 is 9.53 Å². The maximum atomic E-state index is 12.3. The van der Waals surface area contributed by atoms with Gasteiger partial charge in [0.25, 0.3) is 5.91 Å². The molecule has 0 aromatic heterocycles. The first-order chi connectivity index (χ1) is 16.4. The normalized spacial score (nSPS) is 14.2. The summed E-state index contributed by atoms with van der Waals surface area (Å²) in [5, 5.41) is 4.29. The van der Waals surface area contributed by atoms with Crippen LogP contribution in [0, 0.1) is 13.8 Å². The first-order valence-corrected chi connectivity index (χ1v) is 12.1. The van der Waals surface area contributed by atoms with Crippen LogP contribution in [0.15, 0.2) is 60.7 Å². The van der Waals surface area contributed by atoms with Crippen molar-refractivity contribution in [2.45, 2.75) is 20.4 Å². The second kappa shape index (κ2) is 11.1. The van der Waals surface area contributed by atoms with Gasteiger partial charge in [0.05, 0.1) is 10.7 Å². The van der Waals surface area contributed by atoms with Crippen LogP contribution in [0.4, 0.5) is 11.4 Å². The molecule has 0 spiro atoms. The van der Waals surface area contributed by atoms with Crippen molar-refractivity contribution in [3.05, 3.63) is 87.4 Å². The highest BCUT2D eigenvalue weighted by Crippen LogP contribution is 2.30. The van der Waals surface area contributed by atoms with Gasteiger partial charge in [0.2, 0.25) is 0 Å². The van der Waals surface area contributed by atoms with Gasteiger partial charge in [-0.3, -0.25) is 9.69 Å². The molecule has 0 saturated carbocycles. The smallest absolute Gasteiger partial charge is 0.262 e. The summed E-state index contributed by atoms with van der Waals surface area (Å²) in [5.74, 6) is 0.454. The van der Waals surface area contributed by atoms with E-state index in [0.717, 1.165) is 54.6 Å². The Labute approximate surface area is 211 Å². The maximum Gasteiger partial charge on any atom is 0.262 e. The number of ether oxygens (including phenoxy) is 1. The molecule has 178 valence electrons. The highest BCUT2D eigenvalue weighted by atomic mass is 35.5. The molecule has 1 fully saturated rings. The predicted octanol–water partition coefficient (Wildman–Crippen LogP) is 5.95. The molecule has 0 bridgehead atoms. The quantitative estimate of drug-likeness (QED) is 0.437. The average Bonchev–Trinajstić information content (AvgIpc) is 2.82. The van der Waals surface area contributed by atoms with E-state index in [0.29, 0.717) is 16.5 Å². The zero-order chi connectivity index (χ0) is 24.1. The minimum absolute atomic E-state index is 0.0603. The highest BCUT2D eigenvalue weighted by molar-refractivity contribution is 6.33. The molecule has 3 aromatic rings. The topological polar surface area (TPSA) is 44.8 Å².